The number of rotatable bonds is 4. The fourth-order valence-electron chi connectivity index (χ4n) is 2.63. The summed E-state index contributed by atoms with van der Waals surface area (Å²) >= 11 is 0. The van der Waals surface area contributed by atoms with Crippen molar-refractivity contribution in [2.24, 2.45) is 0 Å². The number of nitrogens with one attached hydrogen (secondary N) is 2. The average molecular weight is 304 g/mol. The first-order chi connectivity index (χ1) is 11.1. The largest absolute Gasteiger partial charge is 0.376 e. The number of anilines is 2. The maximum absolute atomic E-state index is 12.1. The summed E-state index contributed by atoms with van der Waals surface area (Å²) in [5, 5.41) is 8.47. The second-order valence-electron chi connectivity index (χ2n) is 5.78. The summed E-state index contributed by atoms with van der Waals surface area (Å²) in [6.07, 6.45) is 0. The molecule has 0 aromatic heterocycles. The minimum absolute atomic E-state index is 0.0508. The fourth-order valence-corrected chi connectivity index (χ4v) is 2.63. The zero-order valence-electron chi connectivity index (χ0n) is 13.4. The van der Waals surface area contributed by atoms with Crippen LogP contribution in [0.5, 0.6) is 0 Å². The van der Waals surface area contributed by atoms with Crippen molar-refractivity contribution in [3.8, 4) is 0 Å². The van der Waals surface area contributed by atoms with Crippen LogP contribution >= 0.6 is 0 Å². The minimum atomic E-state index is -0.0508. The molecule has 0 heterocycles. The number of amides is 1. The summed E-state index contributed by atoms with van der Waals surface area (Å²) in [6, 6.07) is 20.3. The predicted molar refractivity (Wildman–Crippen MR) is 97.0 cm³/mol. The van der Waals surface area contributed by atoms with E-state index >= 15 is 0 Å². The van der Waals surface area contributed by atoms with Crippen LogP contribution in [0.3, 0.4) is 0 Å². The van der Waals surface area contributed by atoms with E-state index in [-0.39, 0.29) is 12.5 Å². The maximum Gasteiger partial charge on any atom is 0.243 e. The highest BCUT2D eigenvalue weighted by Gasteiger charge is 2.05. The van der Waals surface area contributed by atoms with Crippen molar-refractivity contribution in [3.63, 3.8) is 0 Å². The number of carbonyl (C=O) groups excluding carboxylic acids is 1. The molecule has 0 aliphatic heterocycles. The van der Waals surface area contributed by atoms with E-state index in [0.29, 0.717) is 0 Å². The van der Waals surface area contributed by atoms with E-state index in [4.69, 9.17) is 0 Å². The molecule has 1 amide bonds. The lowest BCUT2D eigenvalue weighted by Crippen LogP contribution is -2.22. The number of fused-ring (bicyclic) bond motifs is 1. The van der Waals surface area contributed by atoms with E-state index in [9.17, 15) is 4.79 Å². The summed E-state index contributed by atoms with van der Waals surface area (Å²) in [5.41, 5.74) is 4.07. The van der Waals surface area contributed by atoms with Crippen LogP contribution in [0.15, 0.2) is 60.7 Å². The van der Waals surface area contributed by atoms with E-state index in [2.05, 4.69) is 41.0 Å². The summed E-state index contributed by atoms with van der Waals surface area (Å²) in [6.45, 7) is 4.28. The molecule has 0 spiro atoms. The van der Waals surface area contributed by atoms with E-state index in [1.54, 1.807) is 0 Å². The lowest BCUT2D eigenvalue weighted by atomic mass is 10.1. The maximum atomic E-state index is 12.1. The molecule has 0 saturated carbocycles. The lowest BCUT2D eigenvalue weighted by molar-refractivity contribution is -0.114. The average Bonchev–Trinajstić information content (AvgIpc) is 2.55. The van der Waals surface area contributed by atoms with Gasteiger partial charge in [0, 0.05) is 11.4 Å². The van der Waals surface area contributed by atoms with Crippen LogP contribution < -0.4 is 10.6 Å². The summed E-state index contributed by atoms with van der Waals surface area (Å²) < 4.78 is 0. The molecule has 0 unspecified atom stereocenters. The smallest absolute Gasteiger partial charge is 0.243 e. The molecule has 3 nitrogen and oxygen atoms in total. The van der Waals surface area contributed by atoms with Gasteiger partial charge < -0.3 is 10.6 Å². The highest BCUT2D eigenvalue weighted by molar-refractivity contribution is 5.95. The van der Waals surface area contributed by atoms with Gasteiger partial charge in [0.25, 0.3) is 0 Å². The molecule has 2 N–H and O–H groups in total. The fraction of sp³-hybridized carbons (Fsp3) is 0.150. The van der Waals surface area contributed by atoms with Crippen molar-refractivity contribution >= 4 is 28.1 Å². The third kappa shape index (κ3) is 3.69. The van der Waals surface area contributed by atoms with Crippen molar-refractivity contribution in [3.05, 3.63) is 71.8 Å². The number of hydrogen-bond acceptors (Lipinski definition) is 2. The monoisotopic (exact) mass is 304 g/mol. The quantitative estimate of drug-likeness (QED) is 0.744. The number of hydrogen-bond donors (Lipinski definition) is 2. The molecule has 0 fully saturated rings. The standard InChI is InChI=1S/C20H20N2O/c1-14-7-10-19(15(2)11-14)22-20(23)13-21-18-9-8-16-5-3-4-6-17(16)12-18/h3-12,21H,13H2,1-2H3,(H,22,23). The SMILES string of the molecule is Cc1ccc(NC(=O)CNc2ccc3ccccc3c2)c(C)c1. The molecule has 0 aliphatic rings. The highest BCUT2D eigenvalue weighted by Crippen LogP contribution is 2.19. The van der Waals surface area contributed by atoms with Crippen molar-refractivity contribution in [2.75, 3.05) is 17.2 Å². The molecule has 23 heavy (non-hydrogen) atoms. The molecule has 116 valence electrons. The van der Waals surface area contributed by atoms with Crippen LogP contribution in [0.4, 0.5) is 11.4 Å². The molecule has 3 heteroatoms. The van der Waals surface area contributed by atoms with E-state index in [0.717, 1.165) is 22.3 Å². The molecule has 3 aromatic carbocycles. The van der Waals surface area contributed by atoms with Gasteiger partial charge in [-0.3, -0.25) is 4.79 Å². The molecular weight excluding hydrogens is 284 g/mol. The van der Waals surface area contributed by atoms with E-state index in [1.165, 1.54) is 10.9 Å². The summed E-state index contributed by atoms with van der Waals surface area (Å²) in [4.78, 5) is 12.1. The van der Waals surface area contributed by atoms with E-state index in [1.807, 2.05) is 44.2 Å². The Morgan fingerprint density at radius 1 is 0.913 bits per heavy atom. The van der Waals surface area contributed by atoms with Crippen LogP contribution in [0.2, 0.25) is 0 Å². The second kappa shape index (κ2) is 6.53. The third-order valence-corrected chi connectivity index (χ3v) is 3.86. The van der Waals surface area contributed by atoms with Crippen molar-refractivity contribution in [1.29, 1.82) is 0 Å². The molecule has 3 rings (SSSR count). The van der Waals surface area contributed by atoms with Crippen LogP contribution in [0.1, 0.15) is 11.1 Å². The summed E-state index contributed by atoms with van der Waals surface area (Å²) in [7, 11) is 0. The Morgan fingerprint density at radius 3 is 2.48 bits per heavy atom. The topological polar surface area (TPSA) is 41.1 Å². The van der Waals surface area contributed by atoms with Crippen LogP contribution in [-0.4, -0.2) is 12.5 Å². The van der Waals surface area contributed by atoms with Gasteiger partial charge in [0.15, 0.2) is 0 Å². The van der Waals surface area contributed by atoms with Gasteiger partial charge in [-0.15, -0.1) is 0 Å². The first-order valence-corrected chi connectivity index (χ1v) is 7.71. The van der Waals surface area contributed by atoms with Gasteiger partial charge in [0.05, 0.1) is 6.54 Å². The van der Waals surface area contributed by atoms with Crippen LogP contribution in [-0.2, 0) is 4.79 Å². The van der Waals surface area contributed by atoms with Gasteiger partial charge in [0.1, 0.15) is 0 Å². The van der Waals surface area contributed by atoms with E-state index < -0.39 is 0 Å². The lowest BCUT2D eigenvalue weighted by Gasteiger charge is -2.11. The Morgan fingerprint density at radius 2 is 1.70 bits per heavy atom. The molecule has 3 aromatic rings. The zero-order valence-corrected chi connectivity index (χ0v) is 13.4. The first-order valence-electron chi connectivity index (χ1n) is 7.71. The van der Waals surface area contributed by atoms with Gasteiger partial charge >= 0.3 is 0 Å². The van der Waals surface area contributed by atoms with Gasteiger partial charge in [-0.2, -0.15) is 0 Å². The molecule has 0 bridgehead atoms. The molecule has 0 aliphatic carbocycles. The number of carbonyl (C=O) groups is 1. The Balaban J connectivity index is 1.63. The Bertz CT molecular complexity index is 855. The van der Waals surface area contributed by atoms with Gasteiger partial charge in [-0.05, 0) is 48.4 Å². The second-order valence-corrected chi connectivity index (χ2v) is 5.78. The molecular formula is C20H20N2O. The van der Waals surface area contributed by atoms with Crippen LogP contribution in [0, 0.1) is 13.8 Å². The summed E-state index contributed by atoms with van der Waals surface area (Å²) in [5.74, 6) is -0.0508. The van der Waals surface area contributed by atoms with Crippen molar-refractivity contribution in [2.45, 2.75) is 13.8 Å². The minimum Gasteiger partial charge on any atom is -0.376 e. The van der Waals surface area contributed by atoms with Crippen molar-refractivity contribution < 1.29 is 4.79 Å². The van der Waals surface area contributed by atoms with Crippen molar-refractivity contribution in [1.82, 2.24) is 0 Å². The highest BCUT2D eigenvalue weighted by atomic mass is 16.1. The zero-order chi connectivity index (χ0) is 16.2. The number of aryl methyl sites for hydroxylation is 2. The van der Waals surface area contributed by atoms with Gasteiger partial charge in [-0.1, -0.05) is 48.0 Å². The molecule has 0 atom stereocenters. The Labute approximate surface area is 136 Å². The normalized spacial score (nSPS) is 10.5. The number of benzene rings is 3. The first kappa shape index (κ1) is 15.1. The Kier molecular flexibility index (Phi) is 4.29. The molecule has 0 saturated heterocycles. The third-order valence-electron chi connectivity index (χ3n) is 3.86. The predicted octanol–water partition coefficient (Wildman–Crippen LogP) is 4.51. The Hall–Kier alpha value is -2.81. The molecule has 0 radical (unpaired) electrons. The van der Waals surface area contributed by atoms with Gasteiger partial charge in [0.2, 0.25) is 5.91 Å². The van der Waals surface area contributed by atoms with Gasteiger partial charge in [-0.25, -0.2) is 0 Å². The van der Waals surface area contributed by atoms with Crippen LogP contribution in [0.25, 0.3) is 10.8 Å².